The molecule has 1 atom stereocenters. The van der Waals surface area contributed by atoms with Crippen LogP contribution in [0.15, 0.2) is 6.20 Å². The van der Waals surface area contributed by atoms with E-state index in [0.717, 1.165) is 24.6 Å². The first-order valence-electron chi connectivity index (χ1n) is 6.56. The summed E-state index contributed by atoms with van der Waals surface area (Å²) < 4.78 is 1.78. The largest absolute Gasteiger partial charge is 0.314 e. The molecule has 98 valence electrons. The third kappa shape index (κ3) is 5.82. The highest BCUT2D eigenvalue weighted by Gasteiger charge is 2.14. The first-order chi connectivity index (χ1) is 7.97. The molecule has 0 radical (unpaired) electrons. The van der Waals surface area contributed by atoms with Gasteiger partial charge in [-0.1, -0.05) is 32.9 Å². The Morgan fingerprint density at radius 1 is 1.29 bits per heavy atom. The number of nitrogens with one attached hydrogen (secondary N) is 1. The Kier molecular flexibility index (Phi) is 5.62. The minimum atomic E-state index is 0.548. The van der Waals surface area contributed by atoms with Gasteiger partial charge in [-0.3, -0.25) is 4.68 Å². The van der Waals surface area contributed by atoms with E-state index >= 15 is 0 Å². The van der Waals surface area contributed by atoms with Crippen LogP contribution in [-0.4, -0.2) is 27.6 Å². The zero-order chi connectivity index (χ0) is 12.8. The fraction of sp³-hybridized carbons (Fsp3) is 0.846. The van der Waals surface area contributed by atoms with Crippen LogP contribution in [0.2, 0.25) is 0 Å². The van der Waals surface area contributed by atoms with Crippen LogP contribution in [0.5, 0.6) is 0 Å². The summed E-state index contributed by atoms with van der Waals surface area (Å²) in [5, 5.41) is 11.7. The van der Waals surface area contributed by atoms with E-state index in [9.17, 15) is 0 Å². The molecule has 0 saturated heterocycles. The molecule has 0 spiro atoms. The molecule has 0 aromatic carbocycles. The van der Waals surface area contributed by atoms with Crippen molar-refractivity contribution < 1.29 is 0 Å². The van der Waals surface area contributed by atoms with Gasteiger partial charge in [0.2, 0.25) is 0 Å². The summed E-state index contributed by atoms with van der Waals surface area (Å²) in [4.78, 5) is 0. The van der Waals surface area contributed by atoms with E-state index in [1.165, 1.54) is 6.42 Å². The van der Waals surface area contributed by atoms with Gasteiger partial charge >= 0.3 is 0 Å². The third-order valence-corrected chi connectivity index (χ3v) is 2.77. The van der Waals surface area contributed by atoms with Crippen LogP contribution in [0.25, 0.3) is 0 Å². The molecule has 0 aliphatic heterocycles. The Bertz CT molecular complexity index is 317. The molecule has 0 amide bonds. The molecule has 1 aromatic rings. The minimum Gasteiger partial charge on any atom is -0.314 e. The van der Waals surface area contributed by atoms with Gasteiger partial charge in [0.15, 0.2) is 0 Å². The average Bonchev–Trinajstić information content (AvgIpc) is 2.59. The van der Waals surface area contributed by atoms with Gasteiger partial charge < -0.3 is 5.32 Å². The predicted octanol–water partition coefficient (Wildman–Crippen LogP) is 2.02. The summed E-state index contributed by atoms with van der Waals surface area (Å²) in [5.41, 5.74) is 1.10. The highest BCUT2D eigenvalue weighted by atomic mass is 15.4. The van der Waals surface area contributed by atoms with Crippen LogP contribution in [0.1, 0.15) is 39.8 Å². The summed E-state index contributed by atoms with van der Waals surface area (Å²) in [6, 6.07) is 0.548. The monoisotopic (exact) mass is 238 g/mol. The molecule has 1 N–H and O–H groups in total. The van der Waals surface area contributed by atoms with Crippen molar-refractivity contribution >= 4 is 0 Å². The van der Waals surface area contributed by atoms with Crippen molar-refractivity contribution in [3.05, 3.63) is 11.9 Å². The molecule has 0 fully saturated rings. The molecule has 0 aliphatic rings. The lowest BCUT2D eigenvalue weighted by Gasteiger charge is -2.20. The molecule has 1 heterocycles. The van der Waals surface area contributed by atoms with Gasteiger partial charge in [0.1, 0.15) is 0 Å². The van der Waals surface area contributed by atoms with Crippen molar-refractivity contribution in [1.29, 1.82) is 0 Å². The van der Waals surface area contributed by atoms with Crippen LogP contribution in [0.3, 0.4) is 0 Å². The van der Waals surface area contributed by atoms with Crippen LogP contribution >= 0.6 is 0 Å². The van der Waals surface area contributed by atoms with E-state index in [4.69, 9.17) is 0 Å². The quantitative estimate of drug-likeness (QED) is 0.790. The molecule has 1 unspecified atom stereocenters. The maximum atomic E-state index is 4.18. The van der Waals surface area contributed by atoms with E-state index in [2.05, 4.69) is 43.3 Å². The van der Waals surface area contributed by atoms with Gasteiger partial charge in [0, 0.05) is 19.3 Å². The second-order valence-corrected chi connectivity index (χ2v) is 5.65. The molecular weight excluding hydrogens is 212 g/mol. The molecule has 0 saturated carbocycles. The van der Waals surface area contributed by atoms with E-state index in [0.29, 0.717) is 12.0 Å². The molecular formula is C13H26N4. The van der Waals surface area contributed by atoms with E-state index < -0.39 is 0 Å². The summed E-state index contributed by atoms with van der Waals surface area (Å²) in [6.45, 7) is 9.99. The fourth-order valence-electron chi connectivity index (χ4n) is 2.09. The highest BCUT2D eigenvalue weighted by Crippen LogP contribution is 2.15. The fourth-order valence-corrected chi connectivity index (χ4v) is 2.09. The van der Waals surface area contributed by atoms with Crippen LogP contribution in [0, 0.1) is 11.8 Å². The molecule has 4 nitrogen and oxygen atoms in total. The van der Waals surface area contributed by atoms with Gasteiger partial charge in [0.25, 0.3) is 0 Å². The Morgan fingerprint density at radius 3 is 2.47 bits per heavy atom. The van der Waals surface area contributed by atoms with Crippen molar-refractivity contribution in [3.63, 3.8) is 0 Å². The third-order valence-electron chi connectivity index (χ3n) is 2.77. The van der Waals surface area contributed by atoms with Gasteiger partial charge in [-0.15, -0.1) is 5.10 Å². The van der Waals surface area contributed by atoms with Gasteiger partial charge in [-0.25, -0.2) is 0 Å². The Balaban J connectivity index is 2.50. The summed E-state index contributed by atoms with van der Waals surface area (Å²) in [7, 11) is 1.92. The molecule has 17 heavy (non-hydrogen) atoms. The number of hydrogen-bond donors (Lipinski definition) is 1. The molecule has 0 aliphatic carbocycles. The van der Waals surface area contributed by atoms with Crippen LogP contribution in [-0.2, 0) is 13.5 Å². The Labute approximate surface area is 105 Å². The number of aryl methyl sites for hydroxylation is 1. The first kappa shape index (κ1) is 14.2. The van der Waals surface area contributed by atoms with Gasteiger partial charge in [0.05, 0.1) is 5.69 Å². The van der Waals surface area contributed by atoms with Crippen molar-refractivity contribution in [2.24, 2.45) is 18.9 Å². The zero-order valence-corrected chi connectivity index (χ0v) is 11.8. The summed E-state index contributed by atoms with van der Waals surface area (Å²) >= 11 is 0. The molecule has 1 aromatic heterocycles. The molecule has 4 heteroatoms. The number of nitrogens with zero attached hydrogens (tertiary/aromatic N) is 3. The van der Waals surface area contributed by atoms with Crippen LogP contribution < -0.4 is 5.32 Å². The van der Waals surface area contributed by atoms with Crippen molar-refractivity contribution in [2.75, 3.05) is 6.54 Å². The number of hydrogen-bond acceptors (Lipinski definition) is 3. The first-order valence-corrected chi connectivity index (χ1v) is 6.56. The standard InChI is InChI=1S/C13H26N4/c1-10(2)6-12(8-14-11(3)4)7-13-9-17(5)16-15-13/h9-12,14H,6-8H2,1-5H3. The highest BCUT2D eigenvalue weighted by molar-refractivity contribution is 4.94. The van der Waals surface area contributed by atoms with Crippen molar-refractivity contribution in [1.82, 2.24) is 20.3 Å². The topological polar surface area (TPSA) is 42.7 Å². The Morgan fingerprint density at radius 2 is 2.00 bits per heavy atom. The lowest BCUT2D eigenvalue weighted by Crippen LogP contribution is -2.30. The second-order valence-electron chi connectivity index (χ2n) is 5.65. The molecule has 0 bridgehead atoms. The van der Waals surface area contributed by atoms with Crippen LogP contribution in [0.4, 0.5) is 0 Å². The maximum absolute atomic E-state index is 4.18. The maximum Gasteiger partial charge on any atom is 0.0830 e. The van der Waals surface area contributed by atoms with E-state index in [1.807, 2.05) is 13.2 Å². The summed E-state index contributed by atoms with van der Waals surface area (Å²) in [6.07, 6.45) is 4.27. The zero-order valence-electron chi connectivity index (χ0n) is 11.8. The van der Waals surface area contributed by atoms with Crippen molar-refractivity contribution in [3.8, 4) is 0 Å². The van der Waals surface area contributed by atoms with Gasteiger partial charge in [-0.05, 0) is 31.2 Å². The molecule has 1 rings (SSSR count). The van der Waals surface area contributed by atoms with Crippen molar-refractivity contribution in [2.45, 2.75) is 46.6 Å². The second kappa shape index (κ2) is 6.74. The smallest absolute Gasteiger partial charge is 0.0830 e. The Hall–Kier alpha value is -0.900. The normalized spacial score (nSPS) is 13.6. The van der Waals surface area contributed by atoms with E-state index in [-0.39, 0.29) is 0 Å². The van der Waals surface area contributed by atoms with E-state index in [1.54, 1.807) is 4.68 Å². The number of rotatable bonds is 7. The number of aromatic nitrogens is 3. The average molecular weight is 238 g/mol. The minimum absolute atomic E-state index is 0.548. The predicted molar refractivity (Wildman–Crippen MR) is 70.8 cm³/mol. The SMILES string of the molecule is CC(C)CC(CNC(C)C)Cc1cn(C)nn1. The lowest BCUT2D eigenvalue weighted by atomic mass is 9.93. The van der Waals surface area contributed by atoms with Gasteiger partial charge in [-0.2, -0.15) is 0 Å². The summed E-state index contributed by atoms with van der Waals surface area (Å²) in [5.74, 6) is 1.37. The lowest BCUT2D eigenvalue weighted by molar-refractivity contribution is 0.370.